The van der Waals surface area contributed by atoms with Gasteiger partial charge in [0.15, 0.2) is 0 Å². The first-order valence-corrected chi connectivity index (χ1v) is 6.28. The van der Waals surface area contributed by atoms with Crippen LogP contribution in [0.4, 0.5) is 0 Å². The van der Waals surface area contributed by atoms with Crippen molar-refractivity contribution >= 4 is 0 Å². The number of hydrogen-bond acceptors (Lipinski definition) is 2. The minimum Gasteiger partial charge on any atom is -0.317 e. The lowest BCUT2D eigenvalue weighted by Crippen LogP contribution is -2.24. The van der Waals surface area contributed by atoms with Gasteiger partial charge in [0.1, 0.15) is 0 Å². The molecule has 0 bridgehead atoms. The van der Waals surface area contributed by atoms with Gasteiger partial charge in [0.05, 0.1) is 0 Å². The van der Waals surface area contributed by atoms with Crippen molar-refractivity contribution in [1.82, 2.24) is 10.6 Å². The maximum Gasteiger partial charge on any atom is 0.0208 e. The van der Waals surface area contributed by atoms with E-state index >= 15 is 0 Å². The predicted octanol–water partition coefficient (Wildman–Crippen LogP) is 2.26. The van der Waals surface area contributed by atoms with Gasteiger partial charge in [-0.2, -0.15) is 0 Å². The first-order valence-electron chi connectivity index (χ1n) is 6.28. The van der Waals surface area contributed by atoms with Crippen LogP contribution in [0.5, 0.6) is 0 Å². The molecule has 1 aromatic carbocycles. The Balaban J connectivity index is 0.000000221. The highest BCUT2D eigenvalue weighted by molar-refractivity contribution is 5.35. The molecule has 2 rings (SSSR count). The zero-order valence-corrected chi connectivity index (χ0v) is 10.8. The summed E-state index contributed by atoms with van der Waals surface area (Å²) in [6.45, 7) is 10.8. The SMILES string of the molecule is CCNCC.Cc1cccc2c1CCNC2. The second-order valence-electron chi connectivity index (χ2n) is 4.10. The third-order valence-electron chi connectivity index (χ3n) is 2.87. The van der Waals surface area contributed by atoms with Crippen LogP contribution < -0.4 is 10.6 Å². The third kappa shape index (κ3) is 3.95. The minimum absolute atomic E-state index is 1.05. The Kier molecular flexibility index (Phi) is 6.12. The molecule has 0 fully saturated rings. The summed E-state index contributed by atoms with van der Waals surface area (Å²) in [5.41, 5.74) is 4.49. The molecule has 1 heterocycles. The molecule has 2 N–H and O–H groups in total. The normalized spacial score (nSPS) is 13.7. The molecule has 0 aliphatic carbocycles. The van der Waals surface area contributed by atoms with Crippen LogP contribution in [0.3, 0.4) is 0 Å². The van der Waals surface area contributed by atoms with Gasteiger partial charge in [-0.1, -0.05) is 32.0 Å². The van der Waals surface area contributed by atoms with E-state index in [-0.39, 0.29) is 0 Å². The topological polar surface area (TPSA) is 24.1 Å². The maximum absolute atomic E-state index is 3.37. The van der Waals surface area contributed by atoms with Crippen LogP contribution in [-0.2, 0) is 13.0 Å². The molecule has 2 nitrogen and oxygen atoms in total. The molecule has 0 saturated carbocycles. The Bertz CT molecular complexity index is 306. The maximum atomic E-state index is 3.37. The van der Waals surface area contributed by atoms with Gasteiger partial charge in [-0.3, -0.25) is 0 Å². The largest absolute Gasteiger partial charge is 0.317 e. The van der Waals surface area contributed by atoms with Gasteiger partial charge in [-0.15, -0.1) is 0 Å². The van der Waals surface area contributed by atoms with Crippen LogP contribution in [0, 0.1) is 6.92 Å². The van der Waals surface area contributed by atoms with E-state index < -0.39 is 0 Å². The number of fused-ring (bicyclic) bond motifs is 1. The third-order valence-corrected chi connectivity index (χ3v) is 2.87. The van der Waals surface area contributed by atoms with E-state index in [9.17, 15) is 0 Å². The van der Waals surface area contributed by atoms with Gasteiger partial charge >= 0.3 is 0 Å². The summed E-state index contributed by atoms with van der Waals surface area (Å²) in [5, 5.41) is 6.48. The van der Waals surface area contributed by atoms with Crippen LogP contribution in [0.2, 0.25) is 0 Å². The van der Waals surface area contributed by atoms with E-state index in [1.54, 1.807) is 5.56 Å². The number of aryl methyl sites for hydroxylation is 1. The molecule has 16 heavy (non-hydrogen) atoms. The van der Waals surface area contributed by atoms with Crippen molar-refractivity contribution in [3.63, 3.8) is 0 Å². The first-order chi connectivity index (χ1) is 7.79. The van der Waals surface area contributed by atoms with E-state index in [0.717, 1.165) is 26.2 Å². The lowest BCUT2D eigenvalue weighted by Gasteiger charge is -2.18. The van der Waals surface area contributed by atoms with Crippen LogP contribution in [-0.4, -0.2) is 19.6 Å². The van der Waals surface area contributed by atoms with Crippen molar-refractivity contribution < 1.29 is 0 Å². The molecule has 0 atom stereocenters. The van der Waals surface area contributed by atoms with Gasteiger partial charge in [0.25, 0.3) is 0 Å². The quantitative estimate of drug-likeness (QED) is 0.799. The molecular weight excluding hydrogens is 196 g/mol. The Morgan fingerprint density at radius 1 is 1.25 bits per heavy atom. The smallest absolute Gasteiger partial charge is 0.0208 e. The Morgan fingerprint density at radius 2 is 2.00 bits per heavy atom. The summed E-state index contributed by atoms with van der Waals surface area (Å²) in [6, 6.07) is 6.56. The van der Waals surface area contributed by atoms with Crippen molar-refractivity contribution in [3.05, 3.63) is 34.9 Å². The molecule has 0 spiro atoms. The fourth-order valence-electron chi connectivity index (χ4n) is 1.97. The van der Waals surface area contributed by atoms with E-state index in [2.05, 4.69) is 49.6 Å². The monoisotopic (exact) mass is 220 g/mol. The molecule has 0 aromatic heterocycles. The highest BCUT2D eigenvalue weighted by atomic mass is 14.9. The van der Waals surface area contributed by atoms with Gasteiger partial charge in [-0.25, -0.2) is 0 Å². The molecule has 0 saturated heterocycles. The van der Waals surface area contributed by atoms with E-state index in [1.807, 2.05) is 0 Å². The summed E-state index contributed by atoms with van der Waals surface area (Å²) in [4.78, 5) is 0. The van der Waals surface area contributed by atoms with Crippen molar-refractivity contribution in [3.8, 4) is 0 Å². The summed E-state index contributed by atoms with van der Waals surface area (Å²) < 4.78 is 0. The molecule has 0 radical (unpaired) electrons. The zero-order valence-electron chi connectivity index (χ0n) is 10.8. The number of benzene rings is 1. The first kappa shape index (κ1) is 13.2. The summed E-state index contributed by atoms with van der Waals surface area (Å²) in [5.74, 6) is 0. The van der Waals surface area contributed by atoms with Crippen LogP contribution in [0.15, 0.2) is 18.2 Å². The molecule has 0 unspecified atom stereocenters. The van der Waals surface area contributed by atoms with Crippen LogP contribution in [0.1, 0.15) is 30.5 Å². The lowest BCUT2D eigenvalue weighted by atomic mass is 9.97. The second-order valence-corrected chi connectivity index (χ2v) is 4.10. The molecule has 1 aliphatic rings. The zero-order chi connectivity index (χ0) is 11.8. The number of rotatable bonds is 2. The molecule has 1 aromatic rings. The molecule has 1 aliphatic heterocycles. The van der Waals surface area contributed by atoms with Crippen molar-refractivity contribution in [2.24, 2.45) is 0 Å². The van der Waals surface area contributed by atoms with Gasteiger partial charge in [0, 0.05) is 6.54 Å². The molecule has 90 valence electrons. The summed E-state index contributed by atoms with van der Waals surface area (Å²) >= 11 is 0. The number of hydrogen-bond donors (Lipinski definition) is 2. The standard InChI is InChI=1S/C10H13N.C4H11N/c1-8-3-2-4-9-7-11-6-5-10(8)9;1-3-5-4-2/h2-4,11H,5-7H2,1H3;5H,3-4H2,1-2H3. The Labute approximate surface area is 99.5 Å². The van der Waals surface area contributed by atoms with Crippen molar-refractivity contribution in [1.29, 1.82) is 0 Å². The summed E-state index contributed by atoms with van der Waals surface area (Å²) in [6.07, 6.45) is 1.20. The van der Waals surface area contributed by atoms with Crippen LogP contribution >= 0.6 is 0 Å². The Hall–Kier alpha value is -0.860. The number of nitrogens with one attached hydrogen (secondary N) is 2. The second kappa shape index (κ2) is 7.42. The van der Waals surface area contributed by atoms with Crippen LogP contribution in [0.25, 0.3) is 0 Å². The fraction of sp³-hybridized carbons (Fsp3) is 0.571. The van der Waals surface area contributed by atoms with E-state index in [1.165, 1.54) is 17.5 Å². The lowest BCUT2D eigenvalue weighted by molar-refractivity contribution is 0.641. The average molecular weight is 220 g/mol. The fourth-order valence-corrected chi connectivity index (χ4v) is 1.97. The molecular formula is C14H24N2. The van der Waals surface area contributed by atoms with Gasteiger partial charge in [-0.05, 0) is 49.7 Å². The molecule has 0 amide bonds. The van der Waals surface area contributed by atoms with E-state index in [4.69, 9.17) is 0 Å². The highest BCUT2D eigenvalue weighted by Crippen LogP contribution is 2.16. The molecule has 2 heteroatoms. The average Bonchev–Trinajstić information content (AvgIpc) is 2.32. The summed E-state index contributed by atoms with van der Waals surface area (Å²) in [7, 11) is 0. The van der Waals surface area contributed by atoms with Gasteiger partial charge in [0.2, 0.25) is 0 Å². The Morgan fingerprint density at radius 3 is 2.56 bits per heavy atom. The van der Waals surface area contributed by atoms with Gasteiger partial charge < -0.3 is 10.6 Å². The predicted molar refractivity (Wildman–Crippen MR) is 70.8 cm³/mol. The minimum atomic E-state index is 1.05. The highest BCUT2D eigenvalue weighted by Gasteiger charge is 2.08. The van der Waals surface area contributed by atoms with Crippen molar-refractivity contribution in [2.45, 2.75) is 33.7 Å². The van der Waals surface area contributed by atoms with Crippen molar-refractivity contribution in [2.75, 3.05) is 19.6 Å². The van der Waals surface area contributed by atoms with E-state index in [0.29, 0.717) is 0 Å².